The average Bonchev–Trinajstić information content (AvgIpc) is 3.27. The van der Waals surface area contributed by atoms with Crippen LogP contribution in [0.3, 0.4) is 0 Å². The average molecular weight is 380 g/mol. The molecule has 2 atom stereocenters. The van der Waals surface area contributed by atoms with E-state index >= 15 is 0 Å². The molecule has 0 amide bonds. The zero-order chi connectivity index (χ0) is 19.3. The fourth-order valence-corrected chi connectivity index (χ4v) is 4.74. The maximum atomic E-state index is 14.5. The Morgan fingerprint density at radius 2 is 2.11 bits per heavy atom. The Hall–Kier alpha value is -2.47. The Kier molecular flexibility index (Phi) is 4.31. The molecule has 0 spiro atoms. The molecule has 6 heteroatoms. The van der Waals surface area contributed by atoms with Crippen molar-refractivity contribution in [1.29, 1.82) is 0 Å². The second kappa shape index (κ2) is 6.85. The van der Waals surface area contributed by atoms with Crippen molar-refractivity contribution in [3.63, 3.8) is 0 Å². The molecule has 1 aromatic carbocycles. The maximum Gasteiger partial charge on any atom is 0.152 e. The van der Waals surface area contributed by atoms with Gasteiger partial charge in [-0.3, -0.25) is 0 Å². The number of nitrogens with one attached hydrogen (secondary N) is 1. The Labute approximate surface area is 163 Å². The quantitative estimate of drug-likeness (QED) is 0.746. The number of hydrogen-bond donors (Lipinski definition) is 1. The normalized spacial score (nSPS) is 21.8. The van der Waals surface area contributed by atoms with Crippen LogP contribution in [0.25, 0.3) is 11.0 Å². The Morgan fingerprint density at radius 1 is 1.21 bits per heavy atom. The van der Waals surface area contributed by atoms with Crippen LogP contribution in [0.5, 0.6) is 5.75 Å². The highest BCUT2D eigenvalue weighted by atomic mass is 19.1. The van der Waals surface area contributed by atoms with Gasteiger partial charge >= 0.3 is 0 Å². The van der Waals surface area contributed by atoms with Crippen molar-refractivity contribution in [2.24, 2.45) is 0 Å². The van der Waals surface area contributed by atoms with Crippen LogP contribution in [0.15, 0.2) is 24.7 Å². The summed E-state index contributed by atoms with van der Waals surface area (Å²) < 4.78 is 22.9. The topological polar surface area (TPSA) is 52.0 Å². The van der Waals surface area contributed by atoms with E-state index in [0.29, 0.717) is 16.7 Å². The van der Waals surface area contributed by atoms with Crippen molar-refractivity contribution in [3.8, 4) is 5.75 Å². The summed E-state index contributed by atoms with van der Waals surface area (Å²) >= 11 is 0. The number of rotatable bonds is 3. The lowest BCUT2D eigenvalue weighted by atomic mass is 9.97. The standard InChI is InChI=1S/C22H25FN4O/c1-13-7-15-5-6-24-10-18(15)20(8-13)28-17-4-3-16(9-17)27-11-19(23)21-14(2)25-12-26-22(21)27/h7-8,11-12,16-17,24H,3-6,9-10H2,1-2H3. The summed E-state index contributed by atoms with van der Waals surface area (Å²) in [4.78, 5) is 8.48. The van der Waals surface area contributed by atoms with E-state index in [-0.39, 0.29) is 18.0 Å². The number of nitrogens with zero attached hydrogens (tertiary/aromatic N) is 3. The Bertz CT molecular complexity index is 1040. The van der Waals surface area contributed by atoms with Crippen molar-refractivity contribution >= 4 is 11.0 Å². The van der Waals surface area contributed by atoms with Crippen LogP contribution in [-0.4, -0.2) is 27.2 Å². The largest absolute Gasteiger partial charge is 0.490 e. The van der Waals surface area contributed by atoms with Gasteiger partial charge in [0.2, 0.25) is 0 Å². The van der Waals surface area contributed by atoms with E-state index in [9.17, 15) is 4.39 Å². The second-order valence-corrected chi connectivity index (χ2v) is 8.08. The molecule has 1 aliphatic heterocycles. The molecule has 1 saturated carbocycles. The van der Waals surface area contributed by atoms with E-state index in [4.69, 9.17) is 4.74 Å². The van der Waals surface area contributed by atoms with Gasteiger partial charge in [0.25, 0.3) is 0 Å². The third kappa shape index (κ3) is 2.96. The van der Waals surface area contributed by atoms with Gasteiger partial charge in [-0.05, 0) is 56.8 Å². The van der Waals surface area contributed by atoms with Crippen molar-refractivity contribution < 1.29 is 9.13 Å². The first-order valence-electron chi connectivity index (χ1n) is 10.1. The minimum Gasteiger partial charge on any atom is -0.490 e. The van der Waals surface area contributed by atoms with E-state index in [1.54, 1.807) is 6.20 Å². The number of hydrogen-bond acceptors (Lipinski definition) is 4. The summed E-state index contributed by atoms with van der Waals surface area (Å²) in [5, 5.41) is 3.98. The number of halogens is 1. The van der Waals surface area contributed by atoms with Crippen LogP contribution in [0.4, 0.5) is 4.39 Å². The number of aryl methyl sites for hydroxylation is 2. The predicted molar refractivity (Wildman–Crippen MR) is 106 cm³/mol. The van der Waals surface area contributed by atoms with Gasteiger partial charge in [0.1, 0.15) is 23.8 Å². The number of ether oxygens (including phenoxy) is 1. The Balaban J connectivity index is 1.39. The molecule has 1 aliphatic carbocycles. The summed E-state index contributed by atoms with van der Waals surface area (Å²) in [5.74, 6) is 0.769. The first-order chi connectivity index (χ1) is 13.6. The summed E-state index contributed by atoms with van der Waals surface area (Å²) in [7, 11) is 0. The molecule has 5 nitrogen and oxygen atoms in total. The smallest absolute Gasteiger partial charge is 0.152 e. The lowest BCUT2D eigenvalue weighted by Crippen LogP contribution is -2.25. The third-order valence-corrected chi connectivity index (χ3v) is 6.12. The zero-order valence-electron chi connectivity index (χ0n) is 16.3. The third-order valence-electron chi connectivity index (χ3n) is 6.12. The van der Waals surface area contributed by atoms with Gasteiger partial charge in [-0.25, -0.2) is 14.4 Å². The molecule has 146 valence electrons. The highest BCUT2D eigenvalue weighted by Gasteiger charge is 2.30. The van der Waals surface area contributed by atoms with E-state index in [2.05, 4.69) is 34.3 Å². The van der Waals surface area contributed by atoms with Gasteiger partial charge in [-0.1, -0.05) is 6.07 Å². The fourth-order valence-electron chi connectivity index (χ4n) is 4.74. The van der Waals surface area contributed by atoms with Crippen LogP contribution in [0.1, 0.15) is 47.7 Å². The van der Waals surface area contributed by atoms with Crippen molar-refractivity contribution in [1.82, 2.24) is 19.9 Å². The molecule has 1 N–H and O–H groups in total. The van der Waals surface area contributed by atoms with Crippen molar-refractivity contribution in [2.45, 2.75) is 58.2 Å². The molecular formula is C22H25FN4O. The molecule has 3 aromatic rings. The second-order valence-electron chi connectivity index (χ2n) is 8.08. The number of benzene rings is 1. The highest BCUT2D eigenvalue weighted by molar-refractivity contribution is 5.79. The molecule has 28 heavy (non-hydrogen) atoms. The number of aromatic nitrogens is 3. The molecule has 5 rings (SSSR count). The zero-order valence-corrected chi connectivity index (χ0v) is 16.3. The first kappa shape index (κ1) is 17.6. The molecular weight excluding hydrogens is 355 g/mol. The van der Waals surface area contributed by atoms with Gasteiger partial charge in [0.15, 0.2) is 5.82 Å². The molecule has 0 saturated heterocycles. The van der Waals surface area contributed by atoms with Crippen molar-refractivity contribution in [3.05, 3.63) is 52.9 Å². The Morgan fingerprint density at radius 3 is 3.00 bits per heavy atom. The van der Waals surface area contributed by atoms with Gasteiger partial charge in [-0.2, -0.15) is 0 Å². The summed E-state index contributed by atoms with van der Waals surface area (Å²) in [5.41, 5.74) is 5.31. The van der Waals surface area contributed by atoms with Crippen LogP contribution >= 0.6 is 0 Å². The fraction of sp³-hybridized carbons (Fsp3) is 0.455. The van der Waals surface area contributed by atoms with E-state index in [1.807, 2.05) is 11.5 Å². The van der Waals surface area contributed by atoms with E-state index in [1.165, 1.54) is 23.0 Å². The lowest BCUT2D eigenvalue weighted by Gasteiger charge is -2.24. The van der Waals surface area contributed by atoms with Gasteiger partial charge in [-0.15, -0.1) is 0 Å². The minimum absolute atomic E-state index is 0.140. The van der Waals surface area contributed by atoms with Crippen LogP contribution in [0.2, 0.25) is 0 Å². The molecule has 2 aliphatic rings. The molecule has 0 bridgehead atoms. The van der Waals surface area contributed by atoms with Crippen LogP contribution in [0, 0.1) is 19.7 Å². The summed E-state index contributed by atoms with van der Waals surface area (Å²) in [6.45, 7) is 5.84. The van der Waals surface area contributed by atoms with Crippen LogP contribution in [-0.2, 0) is 13.0 Å². The summed E-state index contributed by atoms with van der Waals surface area (Å²) in [6.07, 6.45) is 7.08. The van der Waals surface area contributed by atoms with Gasteiger partial charge in [0.05, 0.1) is 11.1 Å². The van der Waals surface area contributed by atoms with Crippen molar-refractivity contribution in [2.75, 3.05) is 6.54 Å². The number of fused-ring (bicyclic) bond motifs is 2. The summed E-state index contributed by atoms with van der Waals surface area (Å²) in [6, 6.07) is 4.63. The highest BCUT2D eigenvalue weighted by Crippen LogP contribution is 2.37. The lowest BCUT2D eigenvalue weighted by molar-refractivity contribution is 0.201. The van der Waals surface area contributed by atoms with Gasteiger partial charge in [0, 0.05) is 30.8 Å². The monoisotopic (exact) mass is 380 g/mol. The maximum absolute atomic E-state index is 14.5. The minimum atomic E-state index is -0.240. The molecule has 2 unspecified atom stereocenters. The SMILES string of the molecule is Cc1cc2c(c(OC3CCC(n4cc(F)c5c(C)ncnc54)C3)c1)CNCC2. The predicted octanol–water partition coefficient (Wildman–Crippen LogP) is 4.01. The van der Waals surface area contributed by atoms with E-state index in [0.717, 1.165) is 44.5 Å². The van der Waals surface area contributed by atoms with Crippen LogP contribution < -0.4 is 10.1 Å². The van der Waals surface area contributed by atoms with Gasteiger partial charge < -0.3 is 14.6 Å². The molecule has 2 aromatic heterocycles. The molecule has 1 fully saturated rings. The van der Waals surface area contributed by atoms with E-state index < -0.39 is 0 Å². The molecule has 3 heterocycles. The molecule has 0 radical (unpaired) electrons. The first-order valence-corrected chi connectivity index (χ1v) is 10.1.